The Balaban J connectivity index is 1.05. The Morgan fingerprint density at radius 2 is 1.60 bits per heavy atom. The Kier molecular flexibility index (Phi) is 5.93. The zero-order valence-electron chi connectivity index (χ0n) is 22.1. The molecule has 1 aromatic carbocycles. The number of nitrogens with zero attached hydrogens (tertiary/aromatic N) is 9. The van der Waals surface area contributed by atoms with Crippen LogP contribution < -0.4 is 15.5 Å². The van der Waals surface area contributed by atoms with Gasteiger partial charge < -0.3 is 20.3 Å². The van der Waals surface area contributed by atoms with Crippen LogP contribution in [-0.4, -0.2) is 73.7 Å². The van der Waals surface area contributed by atoms with Gasteiger partial charge in [0.15, 0.2) is 5.82 Å². The molecule has 204 valence electrons. The Hall–Kier alpha value is -4.42. The molecule has 0 unspecified atom stereocenters. The molecule has 12 heteroatoms. The fraction of sp³-hybridized carbons (Fsp3) is 0.321. The van der Waals surface area contributed by atoms with Crippen LogP contribution in [0.4, 0.5) is 16.2 Å². The molecule has 7 rings (SSSR count). The number of aromatic nitrogens is 7. The molecule has 0 radical (unpaired) electrons. The van der Waals surface area contributed by atoms with Gasteiger partial charge in [0, 0.05) is 67.7 Å². The van der Waals surface area contributed by atoms with E-state index in [1.807, 2.05) is 28.5 Å². The van der Waals surface area contributed by atoms with Crippen LogP contribution >= 0.6 is 0 Å². The molecule has 2 aliphatic rings. The van der Waals surface area contributed by atoms with Crippen molar-refractivity contribution in [1.29, 1.82) is 0 Å². The van der Waals surface area contributed by atoms with Gasteiger partial charge in [-0.1, -0.05) is 12.1 Å². The van der Waals surface area contributed by atoms with Crippen LogP contribution in [0.25, 0.3) is 16.6 Å². The average molecular weight is 541 g/mol. The number of anilines is 2. The summed E-state index contributed by atoms with van der Waals surface area (Å²) in [5, 5.41) is 8.96. The summed E-state index contributed by atoms with van der Waals surface area (Å²) in [6.45, 7) is 6.32. The molecule has 2 N–H and O–H groups in total. The van der Waals surface area contributed by atoms with Gasteiger partial charge in [0.05, 0.1) is 31.0 Å². The van der Waals surface area contributed by atoms with Crippen molar-refractivity contribution in [2.24, 2.45) is 5.73 Å². The van der Waals surface area contributed by atoms with Gasteiger partial charge >= 0.3 is 0 Å². The number of ether oxygens (including phenoxy) is 1. The molecule has 4 aromatic heterocycles. The van der Waals surface area contributed by atoms with Crippen LogP contribution in [0.2, 0.25) is 0 Å². The first-order valence-corrected chi connectivity index (χ1v) is 13.3. The van der Waals surface area contributed by atoms with Crippen molar-refractivity contribution in [1.82, 2.24) is 34.3 Å². The summed E-state index contributed by atoms with van der Waals surface area (Å²) in [6, 6.07) is 8.64. The molecule has 40 heavy (non-hydrogen) atoms. The molecule has 0 spiro atoms. The lowest BCUT2D eigenvalue weighted by Crippen LogP contribution is -2.47. The van der Waals surface area contributed by atoms with E-state index in [1.165, 1.54) is 12.1 Å². The third-order valence-corrected chi connectivity index (χ3v) is 7.86. The van der Waals surface area contributed by atoms with E-state index in [1.54, 1.807) is 30.9 Å². The van der Waals surface area contributed by atoms with Crippen LogP contribution in [0.5, 0.6) is 0 Å². The number of benzene rings is 1. The summed E-state index contributed by atoms with van der Waals surface area (Å²) in [5.74, 6) is 1.26. The van der Waals surface area contributed by atoms with Crippen molar-refractivity contribution in [2.75, 3.05) is 49.2 Å². The van der Waals surface area contributed by atoms with Crippen LogP contribution in [0.15, 0.2) is 67.6 Å². The zero-order valence-corrected chi connectivity index (χ0v) is 22.1. The topological polar surface area (TPSA) is 116 Å². The predicted octanol–water partition coefficient (Wildman–Crippen LogP) is 2.64. The van der Waals surface area contributed by atoms with Crippen LogP contribution in [0.3, 0.4) is 0 Å². The highest BCUT2D eigenvalue weighted by atomic mass is 19.1. The molecule has 5 aromatic rings. The molecular weight excluding hydrogens is 511 g/mol. The number of nitrogens with two attached hydrogens (primary N) is 1. The van der Waals surface area contributed by atoms with Gasteiger partial charge in [0.1, 0.15) is 17.7 Å². The molecule has 0 aliphatic carbocycles. The zero-order chi connectivity index (χ0) is 27.3. The normalized spacial score (nSPS) is 17.7. The Labute approximate surface area is 230 Å². The van der Waals surface area contributed by atoms with Crippen molar-refractivity contribution >= 4 is 17.3 Å². The summed E-state index contributed by atoms with van der Waals surface area (Å²) in [5.41, 5.74) is 10.4. The summed E-state index contributed by atoms with van der Waals surface area (Å²) in [6.07, 6.45) is 11.1. The molecule has 11 nitrogen and oxygen atoms in total. The highest BCUT2D eigenvalue weighted by Gasteiger charge is 2.27. The highest BCUT2D eigenvalue weighted by molar-refractivity contribution is 5.77. The number of hydrogen-bond acceptors (Lipinski definition) is 9. The molecule has 0 amide bonds. The monoisotopic (exact) mass is 540 g/mol. The third kappa shape index (κ3) is 4.34. The largest absolute Gasteiger partial charge is 0.377 e. The maximum atomic E-state index is 13.4. The van der Waals surface area contributed by atoms with Crippen LogP contribution in [-0.2, 0) is 10.3 Å². The second kappa shape index (κ2) is 9.65. The number of halogens is 1. The first-order valence-electron chi connectivity index (χ1n) is 13.3. The van der Waals surface area contributed by atoms with Gasteiger partial charge in [-0.25, -0.2) is 23.9 Å². The number of rotatable bonds is 6. The fourth-order valence-electron chi connectivity index (χ4n) is 5.21. The first kappa shape index (κ1) is 24.6. The molecule has 0 saturated carbocycles. The lowest BCUT2D eigenvalue weighted by Gasteiger charge is -2.35. The van der Waals surface area contributed by atoms with Gasteiger partial charge in [0.25, 0.3) is 0 Å². The van der Waals surface area contributed by atoms with E-state index in [2.05, 4.69) is 47.2 Å². The summed E-state index contributed by atoms with van der Waals surface area (Å²) in [7, 11) is 0. The second-order valence-corrected chi connectivity index (χ2v) is 10.5. The minimum Gasteiger partial charge on any atom is -0.377 e. The van der Waals surface area contributed by atoms with Crippen molar-refractivity contribution in [3.8, 4) is 11.1 Å². The molecule has 2 aliphatic heterocycles. The van der Waals surface area contributed by atoms with Crippen molar-refractivity contribution in [3.63, 3.8) is 0 Å². The maximum absolute atomic E-state index is 13.4. The lowest BCUT2D eigenvalue weighted by molar-refractivity contribution is -0.0286. The average Bonchev–Trinajstić information content (AvgIpc) is 3.60. The van der Waals surface area contributed by atoms with E-state index in [4.69, 9.17) is 10.5 Å². The number of piperazine rings is 1. The Bertz CT molecular complexity index is 1630. The van der Waals surface area contributed by atoms with E-state index in [-0.39, 0.29) is 5.82 Å². The number of hydrogen-bond donors (Lipinski definition) is 1. The molecule has 2 fully saturated rings. The third-order valence-electron chi connectivity index (χ3n) is 7.86. The Morgan fingerprint density at radius 3 is 2.30 bits per heavy atom. The summed E-state index contributed by atoms with van der Waals surface area (Å²) >= 11 is 0. The standard InChI is InChI=1S/C28H29FN10O/c1-28(30,21-2-4-23(29)5-3-21)22-12-31-27(32-13-22)37-8-6-36(7-9-37)26-25-10-19(14-39(25)35-18-33-26)20-11-34-38(15-20)24-16-40-17-24/h2-5,10-15,18,24H,6-9,16-17,30H2,1H3/t28-/m0/s1. The number of fused-ring (bicyclic) bond motifs is 1. The van der Waals surface area contributed by atoms with E-state index in [0.717, 1.165) is 59.8 Å². The first-order chi connectivity index (χ1) is 19.5. The van der Waals surface area contributed by atoms with E-state index >= 15 is 0 Å². The van der Waals surface area contributed by atoms with Gasteiger partial charge in [-0.05, 0) is 30.7 Å². The Morgan fingerprint density at radius 1 is 0.875 bits per heavy atom. The maximum Gasteiger partial charge on any atom is 0.225 e. The van der Waals surface area contributed by atoms with Crippen LogP contribution in [0.1, 0.15) is 24.1 Å². The van der Waals surface area contributed by atoms with Crippen LogP contribution in [0, 0.1) is 5.82 Å². The second-order valence-electron chi connectivity index (χ2n) is 10.5. The molecular formula is C28H29FN10O. The highest BCUT2D eigenvalue weighted by Crippen LogP contribution is 2.29. The van der Waals surface area contributed by atoms with E-state index in [9.17, 15) is 4.39 Å². The van der Waals surface area contributed by atoms with Gasteiger partial charge in [-0.2, -0.15) is 10.2 Å². The van der Waals surface area contributed by atoms with Gasteiger partial charge in [-0.15, -0.1) is 0 Å². The predicted molar refractivity (Wildman–Crippen MR) is 148 cm³/mol. The van der Waals surface area contributed by atoms with Crippen molar-refractivity contribution < 1.29 is 9.13 Å². The minimum atomic E-state index is -0.830. The molecule has 2 saturated heterocycles. The summed E-state index contributed by atoms with van der Waals surface area (Å²) < 4.78 is 22.5. The molecule has 1 atom stereocenters. The quantitative estimate of drug-likeness (QED) is 0.347. The smallest absolute Gasteiger partial charge is 0.225 e. The van der Waals surface area contributed by atoms with E-state index < -0.39 is 5.54 Å². The summed E-state index contributed by atoms with van der Waals surface area (Å²) in [4.78, 5) is 18.3. The molecule has 6 heterocycles. The van der Waals surface area contributed by atoms with Gasteiger partial charge in [-0.3, -0.25) is 4.68 Å². The van der Waals surface area contributed by atoms with Crippen molar-refractivity contribution in [2.45, 2.75) is 18.5 Å². The lowest BCUT2D eigenvalue weighted by atomic mass is 9.87. The molecule has 0 bridgehead atoms. The van der Waals surface area contributed by atoms with Gasteiger partial charge in [0.2, 0.25) is 5.95 Å². The van der Waals surface area contributed by atoms with Crippen molar-refractivity contribution in [3.05, 3.63) is 84.6 Å². The van der Waals surface area contributed by atoms with E-state index in [0.29, 0.717) is 25.2 Å². The minimum absolute atomic E-state index is 0.294. The SMILES string of the molecule is C[C@](N)(c1ccc(F)cc1)c1cnc(N2CCN(c3ncnn4cc(-c5cnn(C6COC6)c5)cc34)CC2)nc1. The fourth-order valence-corrected chi connectivity index (χ4v) is 5.21.